The molecule has 1 aromatic heterocycles. The molecule has 0 aliphatic heterocycles. The van der Waals surface area contributed by atoms with Gasteiger partial charge in [-0.15, -0.1) is 11.3 Å². The van der Waals surface area contributed by atoms with Gasteiger partial charge in [-0.05, 0) is 43.5 Å². The lowest BCUT2D eigenvalue weighted by Gasteiger charge is -2.19. The molecule has 106 valence electrons. The van der Waals surface area contributed by atoms with Gasteiger partial charge in [0, 0.05) is 32.5 Å². The van der Waals surface area contributed by atoms with Crippen LogP contribution >= 0.6 is 11.3 Å². The average Bonchev–Trinajstić information content (AvgIpc) is 2.91. The second-order valence-electron chi connectivity index (χ2n) is 5.39. The van der Waals surface area contributed by atoms with E-state index in [0.29, 0.717) is 0 Å². The van der Waals surface area contributed by atoms with Gasteiger partial charge in [-0.25, -0.2) is 4.98 Å². The number of aromatic nitrogens is 1. The molecule has 0 spiro atoms. The van der Waals surface area contributed by atoms with Crippen LogP contribution in [-0.4, -0.2) is 26.2 Å². The van der Waals surface area contributed by atoms with Gasteiger partial charge in [-0.3, -0.25) is 0 Å². The van der Waals surface area contributed by atoms with Crippen LogP contribution in [0.1, 0.15) is 29.5 Å². The van der Waals surface area contributed by atoms with Crippen molar-refractivity contribution in [3.05, 3.63) is 34.8 Å². The minimum absolute atomic E-state index is 0.242. The molecule has 1 aliphatic rings. The van der Waals surface area contributed by atoms with Gasteiger partial charge in [0.05, 0.1) is 16.7 Å². The SMILES string of the molecule is COC1CCCc2nc(-c3ccc(N(C)C)cc3)sc21. The number of fused-ring (bicyclic) bond motifs is 1. The van der Waals surface area contributed by atoms with Gasteiger partial charge in [-0.1, -0.05) is 0 Å². The smallest absolute Gasteiger partial charge is 0.123 e. The number of thiazole rings is 1. The fraction of sp³-hybridized carbons (Fsp3) is 0.438. The summed E-state index contributed by atoms with van der Waals surface area (Å²) in [7, 11) is 5.91. The quantitative estimate of drug-likeness (QED) is 0.856. The van der Waals surface area contributed by atoms with Crippen molar-refractivity contribution in [2.45, 2.75) is 25.4 Å². The van der Waals surface area contributed by atoms with Crippen LogP contribution < -0.4 is 4.90 Å². The lowest BCUT2D eigenvalue weighted by atomic mass is 10.0. The Morgan fingerprint density at radius 3 is 2.65 bits per heavy atom. The Bertz CT molecular complexity index is 589. The molecule has 3 rings (SSSR count). The summed E-state index contributed by atoms with van der Waals surface area (Å²) in [4.78, 5) is 8.25. The fourth-order valence-corrected chi connectivity index (χ4v) is 3.86. The Hall–Kier alpha value is -1.39. The maximum Gasteiger partial charge on any atom is 0.123 e. The first-order chi connectivity index (χ1) is 9.69. The van der Waals surface area contributed by atoms with Crippen LogP contribution in [0, 0.1) is 0 Å². The number of anilines is 1. The van der Waals surface area contributed by atoms with Gasteiger partial charge in [0.15, 0.2) is 0 Å². The van der Waals surface area contributed by atoms with Crippen molar-refractivity contribution in [3.8, 4) is 10.6 Å². The molecule has 1 atom stereocenters. The molecule has 1 heterocycles. The van der Waals surface area contributed by atoms with E-state index in [4.69, 9.17) is 9.72 Å². The highest BCUT2D eigenvalue weighted by atomic mass is 32.1. The minimum atomic E-state index is 0.242. The summed E-state index contributed by atoms with van der Waals surface area (Å²) in [5.41, 5.74) is 3.65. The van der Waals surface area contributed by atoms with E-state index in [-0.39, 0.29) is 6.10 Å². The highest BCUT2D eigenvalue weighted by Crippen LogP contribution is 2.39. The summed E-state index contributed by atoms with van der Waals surface area (Å²) in [6, 6.07) is 8.59. The number of hydrogen-bond donors (Lipinski definition) is 0. The maximum absolute atomic E-state index is 5.58. The molecule has 1 aromatic carbocycles. The molecule has 0 fully saturated rings. The zero-order valence-electron chi connectivity index (χ0n) is 12.2. The Morgan fingerprint density at radius 1 is 1.25 bits per heavy atom. The van der Waals surface area contributed by atoms with Gasteiger partial charge >= 0.3 is 0 Å². The van der Waals surface area contributed by atoms with Crippen molar-refractivity contribution < 1.29 is 4.74 Å². The summed E-state index contributed by atoms with van der Waals surface area (Å²) >= 11 is 1.79. The van der Waals surface area contributed by atoms with Crippen molar-refractivity contribution in [1.29, 1.82) is 0 Å². The molecular formula is C16H20N2OS. The molecule has 2 aromatic rings. The number of aryl methyl sites for hydroxylation is 1. The third-order valence-electron chi connectivity index (χ3n) is 3.82. The van der Waals surface area contributed by atoms with Crippen molar-refractivity contribution >= 4 is 17.0 Å². The van der Waals surface area contributed by atoms with E-state index < -0.39 is 0 Å². The monoisotopic (exact) mass is 288 g/mol. The van der Waals surface area contributed by atoms with E-state index in [1.165, 1.54) is 28.2 Å². The molecular weight excluding hydrogens is 268 g/mol. The largest absolute Gasteiger partial charge is 0.378 e. The summed E-state index contributed by atoms with van der Waals surface area (Å²) in [6.45, 7) is 0. The summed E-state index contributed by atoms with van der Waals surface area (Å²) in [5.74, 6) is 0. The molecule has 0 amide bonds. The molecule has 0 bridgehead atoms. The van der Waals surface area contributed by atoms with E-state index in [9.17, 15) is 0 Å². The lowest BCUT2D eigenvalue weighted by Crippen LogP contribution is -2.08. The van der Waals surface area contributed by atoms with Gasteiger partial charge in [0.2, 0.25) is 0 Å². The van der Waals surface area contributed by atoms with Crippen molar-refractivity contribution in [2.75, 3.05) is 26.1 Å². The normalized spacial score (nSPS) is 17.9. The molecule has 0 N–H and O–H groups in total. The molecule has 1 unspecified atom stereocenters. The van der Waals surface area contributed by atoms with Crippen LogP contribution in [0.4, 0.5) is 5.69 Å². The van der Waals surface area contributed by atoms with Gasteiger partial charge in [-0.2, -0.15) is 0 Å². The molecule has 3 nitrogen and oxygen atoms in total. The zero-order chi connectivity index (χ0) is 14.1. The topological polar surface area (TPSA) is 25.4 Å². The Labute approximate surface area is 124 Å². The predicted molar refractivity (Wildman–Crippen MR) is 84.6 cm³/mol. The van der Waals surface area contributed by atoms with Gasteiger partial charge < -0.3 is 9.64 Å². The first-order valence-electron chi connectivity index (χ1n) is 6.99. The van der Waals surface area contributed by atoms with Crippen LogP contribution in [0.3, 0.4) is 0 Å². The average molecular weight is 288 g/mol. The van der Waals surface area contributed by atoms with Gasteiger partial charge in [0.1, 0.15) is 5.01 Å². The summed E-state index contributed by atoms with van der Waals surface area (Å²) in [6.07, 6.45) is 3.62. The van der Waals surface area contributed by atoms with Crippen LogP contribution in [0.15, 0.2) is 24.3 Å². The van der Waals surface area contributed by atoms with Crippen molar-refractivity contribution in [2.24, 2.45) is 0 Å². The standard InChI is InChI=1S/C16H20N2OS/c1-18(2)12-9-7-11(8-10-12)16-17-13-5-4-6-14(19-3)15(13)20-16/h7-10,14H,4-6H2,1-3H3. The van der Waals surface area contributed by atoms with E-state index >= 15 is 0 Å². The molecule has 1 aliphatic carbocycles. The van der Waals surface area contributed by atoms with Crippen LogP contribution in [0.25, 0.3) is 10.6 Å². The van der Waals surface area contributed by atoms with Gasteiger partial charge in [0.25, 0.3) is 0 Å². The van der Waals surface area contributed by atoms with E-state index in [1.54, 1.807) is 18.4 Å². The van der Waals surface area contributed by atoms with Crippen LogP contribution in [-0.2, 0) is 11.2 Å². The van der Waals surface area contributed by atoms with E-state index in [0.717, 1.165) is 17.8 Å². The fourth-order valence-electron chi connectivity index (χ4n) is 2.63. The molecule has 0 saturated heterocycles. The third kappa shape index (κ3) is 2.45. The second-order valence-corrected chi connectivity index (χ2v) is 6.42. The highest BCUT2D eigenvalue weighted by Gasteiger charge is 2.24. The van der Waals surface area contributed by atoms with E-state index in [1.807, 2.05) is 0 Å². The molecule has 20 heavy (non-hydrogen) atoms. The van der Waals surface area contributed by atoms with Crippen LogP contribution in [0.2, 0.25) is 0 Å². The van der Waals surface area contributed by atoms with Crippen molar-refractivity contribution in [3.63, 3.8) is 0 Å². The van der Waals surface area contributed by atoms with Crippen molar-refractivity contribution in [1.82, 2.24) is 4.98 Å². The Kier molecular flexibility index (Phi) is 3.76. The number of nitrogens with zero attached hydrogens (tertiary/aromatic N) is 2. The zero-order valence-corrected chi connectivity index (χ0v) is 13.0. The van der Waals surface area contributed by atoms with E-state index in [2.05, 4.69) is 43.3 Å². The number of methoxy groups -OCH3 is 1. The first-order valence-corrected chi connectivity index (χ1v) is 7.81. The predicted octanol–water partition coefficient (Wildman–Crippen LogP) is 3.90. The minimum Gasteiger partial charge on any atom is -0.378 e. The highest BCUT2D eigenvalue weighted by molar-refractivity contribution is 7.15. The summed E-state index contributed by atoms with van der Waals surface area (Å²) in [5, 5.41) is 1.12. The lowest BCUT2D eigenvalue weighted by molar-refractivity contribution is 0.0908. The number of rotatable bonds is 3. The number of benzene rings is 1. The Balaban J connectivity index is 1.93. The second kappa shape index (κ2) is 5.54. The molecule has 0 radical (unpaired) electrons. The molecule has 0 saturated carbocycles. The molecule has 4 heteroatoms. The Morgan fingerprint density at radius 2 is 2.00 bits per heavy atom. The maximum atomic E-state index is 5.58. The number of hydrogen-bond acceptors (Lipinski definition) is 4. The number of ether oxygens (including phenoxy) is 1. The summed E-state index contributed by atoms with van der Waals surface area (Å²) < 4.78 is 5.58. The third-order valence-corrected chi connectivity index (χ3v) is 5.05. The van der Waals surface area contributed by atoms with Crippen LogP contribution in [0.5, 0.6) is 0 Å². The first kappa shape index (κ1) is 13.6.